The Morgan fingerprint density at radius 1 is 1.28 bits per heavy atom. The first-order valence-corrected chi connectivity index (χ1v) is 5.50. The van der Waals surface area contributed by atoms with Crippen molar-refractivity contribution < 1.29 is 17.6 Å². The molecule has 2 rings (SSSR count). The molecule has 0 heterocycles. The van der Waals surface area contributed by atoms with Gasteiger partial charge in [-0.25, -0.2) is 4.39 Å². The van der Waals surface area contributed by atoms with Crippen LogP contribution in [0.5, 0.6) is 0 Å². The molecule has 0 aliphatic heterocycles. The average Bonchev–Trinajstić information content (AvgIpc) is 2.99. The largest absolute Gasteiger partial charge is 0.416 e. The van der Waals surface area contributed by atoms with Gasteiger partial charge in [0.1, 0.15) is 5.82 Å². The maximum atomic E-state index is 13.5. The first-order valence-electron chi connectivity index (χ1n) is 5.50. The molecule has 0 saturated heterocycles. The monoisotopic (exact) mass is 283 g/mol. The fourth-order valence-electron chi connectivity index (χ4n) is 1.99. The van der Waals surface area contributed by atoms with Crippen molar-refractivity contribution in [3.8, 4) is 0 Å². The second-order valence-corrected chi connectivity index (χ2v) is 4.48. The molecule has 102 valence electrons. The highest BCUT2D eigenvalue weighted by atomic mass is 35.5. The molecule has 1 saturated carbocycles. The Kier molecular flexibility index (Phi) is 4.61. The number of rotatable bonds is 3. The molecule has 1 fully saturated rings. The van der Waals surface area contributed by atoms with E-state index in [1.165, 1.54) is 0 Å². The van der Waals surface area contributed by atoms with Crippen molar-refractivity contribution in [2.45, 2.75) is 31.5 Å². The second kappa shape index (κ2) is 5.45. The fraction of sp³-hybridized carbons (Fsp3) is 0.500. The summed E-state index contributed by atoms with van der Waals surface area (Å²) in [5.74, 6) is -0.515. The van der Waals surface area contributed by atoms with Gasteiger partial charge >= 0.3 is 6.18 Å². The summed E-state index contributed by atoms with van der Waals surface area (Å²) in [5.41, 5.74) is 4.34. The van der Waals surface area contributed by atoms with Gasteiger partial charge in [-0.3, -0.25) is 0 Å². The van der Waals surface area contributed by atoms with Gasteiger partial charge in [0.05, 0.1) is 5.56 Å². The molecule has 0 unspecified atom stereocenters. The molecule has 1 aliphatic rings. The zero-order chi connectivity index (χ0) is 12.6. The maximum absolute atomic E-state index is 13.5. The second-order valence-electron chi connectivity index (χ2n) is 4.48. The predicted molar refractivity (Wildman–Crippen MR) is 62.9 cm³/mol. The number of benzene rings is 1. The van der Waals surface area contributed by atoms with Crippen LogP contribution in [0.4, 0.5) is 17.6 Å². The van der Waals surface area contributed by atoms with Crippen molar-refractivity contribution >= 4 is 12.4 Å². The predicted octanol–water partition coefficient (Wildman–Crippen LogP) is 4.07. The SMILES string of the molecule is Cl.N[C@@H](CC1CC1)c1c(F)cccc1C(F)(F)F. The molecule has 0 amide bonds. The van der Waals surface area contributed by atoms with E-state index >= 15 is 0 Å². The summed E-state index contributed by atoms with van der Waals surface area (Å²) in [4.78, 5) is 0. The van der Waals surface area contributed by atoms with Crippen LogP contribution in [0.15, 0.2) is 18.2 Å². The van der Waals surface area contributed by atoms with Gasteiger partial charge in [-0.05, 0) is 24.5 Å². The number of alkyl halides is 3. The topological polar surface area (TPSA) is 26.0 Å². The number of halogens is 5. The normalized spacial score (nSPS) is 17.2. The smallest absolute Gasteiger partial charge is 0.324 e. The quantitative estimate of drug-likeness (QED) is 0.832. The van der Waals surface area contributed by atoms with E-state index in [0.717, 1.165) is 31.0 Å². The Morgan fingerprint density at radius 2 is 1.89 bits per heavy atom. The Morgan fingerprint density at radius 3 is 2.39 bits per heavy atom. The summed E-state index contributed by atoms with van der Waals surface area (Å²) in [6.07, 6.45) is -2.18. The van der Waals surface area contributed by atoms with Gasteiger partial charge in [0, 0.05) is 11.6 Å². The van der Waals surface area contributed by atoms with Gasteiger partial charge in [0.2, 0.25) is 0 Å². The standard InChI is InChI=1S/C12H13F4N.ClH/c13-9-3-1-2-8(12(14,15)16)11(9)10(17)6-7-4-5-7;/h1-3,7,10H,4-6,17H2;1H/t10-;/m0./s1. The molecule has 18 heavy (non-hydrogen) atoms. The minimum absolute atomic E-state index is 0. The van der Waals surface area contributed by atoms with Gasteiger partial charge < -0.3 is 5.73 Å². The molecule has 1 aromatic carbocycles. The van der Waals surface area contributed by atoms with Crippen molar-refractivity contribution in [1.82, 2.24) is 0 Å². The van der Waals surface area contributed by atoms with Crippen LogP contribution in [-0.2, 0) is 6.18 Å². The van der Waals surface area contributed by atoms with Crippen LogP contribution in [0.1, 0.15) is 36.4 Å². The molecule has 1 aromatic rings. The summed E-state index contributed by atoms with van der Waals surface area (Å²) in [6.45, 7) is 0. The van der Waals surface area contributed by atoms with Gasteiger partial charge in [0.25, 0.3) is 0 Å². The Bertz CT molecular complexity index is 415. The molecule has 1 aliphatic carbocycles. The van der Waals surface area contributed by atoms with Crippen LogP contribution >= 0.6 is 12.4 Å². The molecular weight excluding hydrogens is 270 g/mol. The zero-order valence-corrected chi connectivity index (χ0v) is 10.3. The van der Waals surface area contributed by atoms with Crippen LogP contribution in [-0.4, -0.2) is 0 Å². The average molecular weight is 284 g/mol. The van der Waals surface area contributed by atoms with Crippen LogP contribution in [0.3, 0.4) is 0 Å². The van der Waals surface area contributed by atoms with E-state index < -0.39 is 29.2 Å². The highest BCUT2D eigenvalue weighted by Gasteiger charge is 2.37. The summed E-state index contributed by atoms with van der Waals surface area (Å²) in [5, 5.41) is 0. The lowest BCUT2D eigenvalue weighted by molar-refractivity contribution is -0.138. The first kappa shape index (κ1) is 15.2. The van der Waals surface area contributed by atoms with E-state index in [0.29, 0.717) is 12.3 Å². The number of hydrogen-bond acceptors (Lipinski definition) is 1. The zero-order valence-electron chi connectivity index (χ0n) is 9.51. The Balaban J connectivity index is 0.00000162. The van der Waals surface area contributed by atoms with E-state index in [-0.39, 0.29) is 12.4 Å². The molecule has 6 heteroatoms. The van der Waals surface area contributed by atoms with Gasteiger partial charge in [-0.15, -0.1) is 12.4 Å². The highest BCUT2D eigenvalue weighted by Crippen LogP contribution is 2.41. The summed E-state index contributed by atoms with van der Waals surface area (Å²) < 4.78 is 51.7. The Hall–Kier alpha value is -0.810. The number of nitrogens with two attached hydrogens (primary N) is 1. The molecule has 1 atom stereocenters. The van der Waals surface area contributed by atoms with Crippen molar-refractivity contribution in [3.05, 3.63) is 35.1 Å². The van der Waals surface area contributed by atoms with E-state index in [9.17, 15) is 17.6 Å². The summed E-state index contributed by atoms with van der Waals surface area (Å²) in [7, 11) is 0. The first-order chi connectivity index (χ1) is 7.89. The lowest BCUT2D eigenvalue weighted by Gasteiger charge is -2.18. The molecule has 0 radical (unpaired) electrons. The van der Waals surface area contributed by atoms with Crippen LogP contribution in [0.2, 0.25) is 0 Å². The molecule has 1 nitrogen and oxygen atoms in total. The van der Waals surface area contributed by atoms with E-state index in [1.54, 1.807) is 0 Å². The minimum atomic E-state index is -4.56. The summed E-state index contributed by atoms with van der Waals surface area (Å²) >= 11 is 0. The van der Waals surface area contributed by atoms with Crippen LogP contribution < -0.4 is 5.73 Å². The van der Waals surface area contributed by atoms with Crippen LogP contribution in [0, 0.1) is 11.7 Å². The maximum Gasteiger partial charge on any atom is 0.416 e. The van der Waals surface area contributed by atoms with E-state index in [1.807, 2.05) is 0 Å². The third-order valence-electron chi connectivity index (χ3n) is 3.01. The lowest BCUT2D eigenvalue weighted by Crippen LogP contribution is -2.19. The van der Waals surface area contributed by atoms with Gasteiger partial charge in [-0.1, -0.05) is 18.9 Å². The van der Waals surface area contributed by atoms with Crippen molar-refractivity contribution in [2.24, 2.45) is 11.7 Å². The van der Waals surface area contributed by atoms with Crippen molar-refractivity contribution in [3.63, 3.8) is 0 Å². The molecule has 0 spiro atoms. The molecule has 0 aromatic heterocycles. The molecule has 2 N–H and O–H groups in total. The third-order valence-corrected chi connectivity index (χ3v) is 3.01. The fourth-order valence-corrected chi connectivity index (χ4v) is 1.99. The van der Waals surface area contributed by atoms with Crippen molar-refractivity contribution in [2.75, 3.05) is 0 Å². The van der Waals surface area contributed by atoms with Gasteiger partial charge in [-0.2, -0.15) is 13.2 Å². The number of hydrogen-bond donors (Lipinski definition) is 1. The third kappa shape index (κ3) is 3.36. The lowest BCUT2D eigenvalue weighted by atomic mass is 9.96. The van der Waals surface area contributed by atoms with E-state index in [4.69, 9.17) is 5.73 Å². The minimum Gasteiger partial charge on any atom is -0.324 e. The summed E-state index contributed by atoms with van der Waals surface area (Å²) in [6, 6.07) is 2.09. The molecule has 0 bridgehead atoms. The highest BCUT2D eigenvalue weighted by molar-refractivity contribution is 5.85. The van der Waals surface area contributed by atoms with Gasteiger partial charge in [0.15, 0.2) is 0 Å². The Labute approximate surface area is 109 Å². The van der Waals surface area contributed by atoms with E-state index in [2.05, 4.69) is 0 Å². The van der Waals surface area contributed by atoms with Crippen LogP contribution in [0.25, 0.3) is 0 Å². The molecular formula is C12H14ClF4N. The van der Waals surface area contributed by atoms with Crippen molar-refractivity contribution in [1.29, 1.82) is 0 Å².